The van der Waals surface area contributed by atoms with E-state index < -0.39 is 24.6 Å². The van der Waals surface area contributed by atoms with Crippen LogP contribution in [0, 0.1) is 0 Å². The van der Waals surface area contributed by atoms with Gasteiger partial charge in [0.15, 0.2) is 6.61 Å². The number of hydrogen-bond donors (Lipinski definition) is 0. The Bertz CT molecular complexity index is 571. The van der Waals surface area contributed by atoms with Gasteiger partial charge in [0.05, 0.1) is 11.6 Å². The lowest BCUT2D eigenvalue weighted by atomic mass is 10.2. The molecule has 1 rings (SSSR count). The van der Waals surface area contributed by atoms with E-state index in [-0.39, 0.29) is 17.4 Å². The molecule has 1 atom stereocenters. The number of halogens is 2. The second kappa shape index (κ2) is 8.66. The Balaban J connectivity index is 2.60. The number of hydrogen-bond acceptors (Lipinski definition) is 5. The van der Waals surface area contributed by atoms with Gasteiger partial charge in [0.2, 0.25) is 6.10 Å². The predicted octanol–water partition coefficient (Wildman–Crippen LogP) is 3.42. The summed E-state index contributed by atoms with van der Waals surface area (Å²) < 4.78 is 15.0. The van der Waals surface area contributed by atoms with Gasteiger partial charge < -0.3 is 14.2 Å². The van der Waals surface area contributed by atoms with Crippen LogP contribution in [0.3, 0.4) is 0 Å². The van der Waals surface area contributed by atoms with Crippen LogP contribution in [0.15, 0.2) is 30.4 Å². The number of esters is 2. The number of benzene rings is 1. The highest BCUT2D eigenvalue weighted by Gasteiger charge is 2.25. The first kappa shape index (κ1) is 18.3. The Kier molecular flexibility index (Phi) is 7.21. The third kappa shape index (κ3) is 5.58. The van der Waals surface area contributed by atoms with Gasteiger partial charge in [-0.3, -0.25) is 0 Å². The van der Waals surface area contributed by atoms with E-state index in [1.807, 2.05) is 0 Å². The molecule has 0 radical (unpaired) electrons. The second-order valence-electron chi connectivity index (χ2n) is 4.33. The fraction of sp³-hybridized carbons (Fsp3) is 0.333. The maximum Gasteiger partial charge on any atom is 0.351 e. The average Bonchev–Trinajstić information content (AvgIpc) is 2.43. The molecule has 0 spiro atoms. The minimum absolute atomic E-state index is 0.178. The molecule has 120 valence electrons. The van der Waals surface area contributed by atoms with Crippen molar-refractivity contribution in [2.45, 2.75) is 20.0 Å². The fourth-order valence-corrected chi connectivity index (χ4v) is 1.93. The smallest absolute Gasteiger partial charge is 0.351 e. The molecule has 0 saturated carbocycles. The summed E-state index contributed by atoms with van der Waals surface area (Å²) in [6.45, 7) is 6.58. The molecule has 0 aliphatic heterocycles. The molecule has 0 heterocycles. The molecular weight excluding hydrogens is 331 g/mol. The van der Waals surface area contributed by atoms with Crippen molar-refractivity contribution in [1.82, 2.24) is 0 Å². The monoisotopic (exact) mass is 346 g/mol. The van der Waals surface area contributed by atoms with Crippen molar-refractivity contribution >= 4 is 35.1 Å². The minimum atomic E-state index is -1.16. The van der Waals surface area contributed by atoms with Gasteiger partial charge in [-0.1, -0.05) is 29.8 Å². The van der Waals surface area contributed by atoms with Crippen molar-refractivity contribution in [3.8, 4) is 5.75 Å². The normalized spacial score (nSPS) is 11.5. The van der Waals surface area contributed by atoms with Crippen LogP contribution in [0.2, 0.25) is 10.0 Å². The molecule has 1 aromatic rings. The van der Waals surface area contributed by atoms with Crippen molar-refractivity contribution in [3.05, 3.63) is 40.4 Å². The molecule has 0 N–H and O–H groups in total. The van der Waals surface area contributed by atoms with Crippen molar-refractivity contribution < 1.29 is 23.8 Å². The molecule has 0 aliphatic rings. The molecule has 5 nitrogen and oxygen atoms in total. The average molecular weight is 347 g/mol. The molecule has 0 bridgehead atoms. The zero-order valence-corrected chi connectivity index (χ0v) is 13.7. The van der Waals surface area contributed by atoms with E-state index in [0.29, 0.717) is 10.6 Å². The second-order valence-corrected chi connectivity index (χ2v) is 5.18. The van der Waals surface area contributed by atoms with Gasteiger partial charge in [-0.05, 0) is 37.6 Å². The first-order valence-electron chi connectivity index (χ1n) is 6.44. The lowest BCUT2D eigenvalue weighted by Crippen LogP contribution is -2.32. The molecule has 1 aromatic carbocycles. The number of carbonyl (C=O) groups is 2. The van der Waals surface area contributed by atoms with Crippen LogP contribution in [-0.2, 0) is 19.1 Å². The van der Waals surface area contributed by atoms with Crippen molar-refractivity contribution in [3.63, 3.8) is 0 Å². The van der Waals surface area contributed by atoms with Gasteiger partial charge in [-0.2, -0.15) is 0 Å². The molecular formula is C15H16Cl2O5. The molecule has 0 aromatic heterocycles. The Labute approximate surface area is 138 Å². The summed E-state index contributed by atoms with van der Waals surface area (Å²) in [5.41, 5.74) is 0.358. The molecule has 0 fully saturated rings. The highest BCUT2D eigenvalue weighted by Crippen LogP contribution is 2.27. The Hall–Kier alpha value is -1.72. The van der Waals surface area contributed by atoms with Crippen LogP contribution in [0.1, 0.15) is 13.8 Å². The highest BCUT2D eigenvalue weighted by atomic mass is 35.5. The molecule has 0 amide bonds. The fourth-order valence-electron chi connectivity index (χ4n) is 1.46. The lowest BCUT2D eigenvalue weighted by Gasteiger charge is -2.16. The maximum absolute atomic E-state index is 11.8. The van der Waals surface area contributed by atoms with Gasteiger partial charge in [0.25, 0.3) is 0 Å². The Morgan fingerprint density at radius 1 is 1.32 bits per heavy atom. The Morgan fingerprint density at radius 3 is 2.55 bits per heavy atom. The third-order valence-electron chi connectivity index (χ3n) is 2.44. The van der Waals surface area contributed by atoms with Gasteiger partial charge in [0, 0.05) is 5.02 Å². The molecule has 22 heavy (non-hydrogen) atoms. The van der Waals surface area contributed by atoms with E-state index in [1.54, 1.807) is 19.9 Å². The number of ether oxygens (including phenoxy) is 3. The summed E-state index contributed by atoms with van der Waals surface area (Å²) in [6, 6.07) is 4.59. The van der Waals surface area contributed by atoms with E-state index >= 15 is 0 Å². The zero-order valence-electron chi connectivity index (χ0n) is 12.2. The first-order valence-corrected chi connectivity index (χ1v) is 7.20. The first-order chi connectivity index (χ1) is 10.3. The summed E-state index contributed by atoms with van der Waals surface area (Å²) in [7, 11) is 0. The van der Waals surface area contributed by atoms with E-state index in [0.717, 1.165) is 0 Å². The van der Waals surface area contributed by atoms with Crippen molar-refractivity contribution in [2.24, 2.45) is 0 Å². The van der Waals surface area contributed by atoms with Crippen molar-refractivity contribution in [1.29, 1.82) is 0 Å². The van der Waals surface area contributed by atoms with E-state index in [9.17, 15) is 9.59 Å². The van der Waals surface area contributed by atoms with Crippen LogP contribution in [0.4, 0.5) is 0 Å². The van der Waals surface area contributed by atoms with Crippen LogP contribution in [-0.4, -0.2) is 31.3 Å². The van der Waals surface area contributed by atoms with E-state index in [1.165, 1.54) is 12.1 Å². The molecule has 1 unspecified atom stereocenters. The minimum Gasteiger partial charge on any atom is -0.480 e. The Morgan fingerprint density at radius 2 is 2.00 bits per heavy atom. The number of carbonyl (C=O) groups excluding carboxylic acids is 2. The van der Waals surface area contributed by atoms with Gasteiger partial charge >= 0.3 is 11.9 Å². The van der Waals surface area contributed by atoms with Gasteiger partial charge in [0.1, 0.15) is 5.75 Å². The van der Waals surface area contributed by atoms with E-state index in [4.69, 9.17) is 37.4 Å². The van der Waals surface area contributed by atoms with Crippen LogP contribution in [0.5, 0.6) is 5.75 Å². The number of rotatable bonds is 7. The summed E-state index contributed by atoms with van der Waals surface area (Å²) in [5, 5.41) is 0.715. The van der Waals surface area contributed by atoms with Crippen LogP contribution >= 0.6 is 23.2 Å². The largest absolute Gasteiger partial charge is 0.480 e. The van der Waals surface area contributed by atoms with Crippen molar-refractivity contribution in [2.75, 3.05) is 13.2 Å². The quantitative estimate of drug-likeness (QED) is 0.559. The van der Waals surface area contributed by atoms with Gasteiger partial charge in [-0.25, -0.2) is 9.59 Å². The SMILES string of the molecule is C=C(C)C(OC(=O)COc1ccc(Cl)cc1Cl)C(=O)OCC. The lowest BCUT2D eigenvalue weighted by molar-refractivity contribution is -0.166. The summed E-state index contributed by atoms with van der Waals surface area (Å²) >= 11 is 11.7. The predicted molar refractivity (Wildman–Crippen MR) is 83.3 cm³/mol. The zero-order chi connectivity index (χ0) is 16.7. The van der Waals surface area contributed by atoms with Crippen LogP contribution in [0.25, 0.3) is 0 Å². The highest BCUT2D eigenvalue weighted by molar-refractivity contribution is 6.35. The van der Waals surface area contributed by atoms with E-state index in [2.05, 4.69) is 6.58 Å². The molecule has 7 heteroatoms. The topological polar surface area (TPSA) is 61.8 Å². The van der Waals surface area contributed by atoms with Crippen LogP contribution < -0.4 is 4.74 Å². The summed E-state index contributed by atoms with van der Waals surface area (Å²) in [6.07, 6.45) is -1.16. The summed E-state index contributed by atoms with van der Waals surface area (Å²) in [5.74, 6) is -1.13. The molecule has 0 saturated heterocycles. The summed E-state index contributed by atoms with van der Waals surface area (Å²) in [4.78, 5) is 23.4. The standard InChI is InChI=1S/C15H16Cl2O5/c1-4-20-15(19)14(9(2)3)22-13(18)8-21-12-6-5-10(16)7-11(12)17/h5-7,14H,2,4,8H2,1,3H3. The van der Waals surface area contributed by atoms with Gasteiger partial charge in [-0.15, -0.1) is 0 Å². The third-order valence-corrected chi connectivity index (χ3v) is 2.97. The maximum atomic E-state index is 11.8. The molecule has 0 aliphatic carbocycles.